The molecule has 0 atom stereocenters. The Labute approximate surface area is 181 Å². The van der Waals surface area contributed by atoms with Crippen molar-refractivity contribution in [2.24, 2.45) is 11.7 Å². The Morgan fingerprint density at radius 2 is 1.84 bits per heavy atom. The summed E-state index contributed by atoms with van der Waals surface area (Å²) in [4.78, 5) is 30.4. The number of piperidine rings is 1. The number of ether oxygens (including phenoxy) is 1. The van der Waals surface area contributed by atoms with Gasteiger partial charge in [-0.3, -0.25) is 9.59 Å². The molecule has 3 N–H and O–H groups in total. The fraction of sp³-hybridized carbons (Fsp3) is 0.292. The summed E-state index contributed by atoms with van der Waals surface area (Å²) < 4.78 is 5.66. The highest BCUT2D eigenvalue weighted by Crippen LogP contribution is 2.24. The Bertz CT molecular complexity index is 1080. The molecule has 0 aliphatic carbocycles. The number of primary amides is 1. The van der Waals surface area contributed by atoms with E-state index in [-0.39, 0.29) is 24.3 Å². The maximum absolute atomic E-state index is 12.3. The summed E-state index contributed by atoms with van der Waals surface area (Å²) in [6.45, 7) is 1.74. The van der Waals surface area contributed by atoms with Crippen molar-refractivity contribution in [3.63, 3.8) is 0 Å². The third-order valence-corrected chi connectivity index (χ3v) is 5.63. The summed E-state index contributed by atoms with van der Waals surface area (Å²) in [7, 11) is 0. The molecule has 1 aliphatic rings. The summed E-state index contributed by atoms with van der Waals surface area (Å²) in [5, 5.41) is 5.11. The summed E-state index contributed by atoms with van der Waals surface area (Å²) in [6, 6.07) is 17.6. The van der Waals surface area contributed by atoms with Crippen LogP contribution in [0.3, 0.4) is 0 Å². The molecule has 1 aromatic heterocycles. The number of fused-ring (bicyclic) bond motifs is 1. The van der Waals surface area contributed by atoms with Gasteiger partial charge in [0, 0.05) is 37.3 Å². The van der Waals surface area contributed by atoms with Crippen LogP contribution in [-0.4, -0.2) is 36.5 Å². The molecule has 3 aromatic rings. The van der Waals surface area contributed by atoms with Crippen LogP contribution < -0.4 is 20.7 Å². The first-order chi connectivity index (χ1) is 15.1. The number of nitrogens with one attached hydrogen (secondary N) is 1. The van der Waals surface area contributed by atoms with Gasteiger partial charge in [0.25, 0.3) is 5.91 Å². The maximum Gasteiger partial charge on any atom is 0.258 e. The van der Waals surface area contributed by atoms with Crippen molar-refractivity contribution in [3.8, 4) is 5.75 Å². The van der Waals surface area contributed by atoms with Crippen molar-refractivity contribution in [2.45, 2.75) is 19.4 Å². The predicted molar refractivity (Wildman–Crippen MR) is 120 cm³/mol. The topological polar surface area (TPSA) is 97.5 Å². The largest absolute Gasteiger partial charge is 0.484 e. The van der Waals surface area contributed by atoms with E-state index in [4.69, 9.17) is 10.5 Å². The van der Waals surface area contributed by atoms with E-state index in [9.17, 15) is 9.59 Å². The maximum atomic E-state index is 12.3. The molecule has 1 saturated heterocycles. The number of pyridine rings is 1. The first-order valence-electron chi connectivity index (χ1n) is 10.5. The molecule has 2 aromatic carbocycles. The zero-order chi connectivity index (χ0) is 21.6. The average molecular weight is 418 g/mol. The lowest BCUT2D eigenvalue weighted by Gasteiger charge is -2.32. The molecule has 7 nitrogen and oxygen atoms in total. The van der Waals surface area contributed by atoms with E-state index in [2.05, 4.69) is 15.2 Å². The molecule has 4 rings (SSSR count). The quantitative estimate of drug-likeness (QED) is 0.615. The molecule has 160 valence electrons. The smallest absolute Gasteiger partial charge is 0.258 e. The third-order valence-electron chi connectivity index (χ3n) is 5.63. The number of nitrogens with zero attached hydrogens (tertiary/aromatic N) is 2. The molecule has 31 heavy (non-hydrogen) atoms. The second kappa shape index (κ2) is 9.47. The van der Waals surface area contributed by atoms with E-state index >= 15 is 0 Å². The van der Waals surface area contributed by atoms with Crippen molar-refractivity contribution in [2.75, 3.05) is 24.6 Å². The van der Waals surface area contributed by atoms with Crippen LogP contribution >= 0.6 is 0 Å². The number of nitrogens with two attached hydrogens (primary N) is 1. The van der Waals surface area contributed by atoms with Crippen LogP contribution in [0.25, 0.3) is 10.8 Å². The lowest BCUT2D eigenvalue weighted by atomic mass is 9.96. The third kappa shape index (κ3) is 5.12. The monoisotopic (exact) mass is 418 g/mol. The number of carbonyl (C=O) groups excluding carboxylic acids is 2. The minimum atomic E-state index is -0.237. The summed E-state index contributed by atoms with van der Waals surface area (Å²) >= 11 is 0. The van der Waals surface area contributed by atoms with Gasteiger partial charge in [0.2, 0.25) is 5.91 Å². The van der Waals surface area contributed by atoms with E-state index in [0.29, 0.717) is 12.3 Å². The van der Waals surface area contributed by atoms with Crippen molar-refractivity contribution >= 4 is 28.4 Å². The van der Waals surface area contributed by atoms with Crippen LogP contribution in [0, 0.1) is 5.92 Å². The number of carbonyl (C=O) groups is 2. The molecule has 0 bridgehead atoms. The van der Waals surface area contributed by atoms with E-state index in [1.165, 1.54) is 0 Å². The van der Waals surface area contributed by atoms with Crippen LogP contribution in [0.5, 0.6) is 5.75 Å². The first-order valence-corrected chi connectivity index (χ1v) is 10.5. The van der Waals surface area contributed by atoms with Crippen LogP contribution in [0.2, 0.25) is 0 Å². The number of anilines is 1. The molecule has 0 unspecified atom stereocenters. The lowest BCUT2D eigenvalue weighted by Crippen LogP contribution is -2.39. The lowest BCUT2D eigenvalue weighted by molar-refractivity contribution is -0.123. The van der Waals surface area contributed by atoms with Crippen LogP contribution in [0.4, 0.5) is 5.82 Å². The van der Waals surface area contributed by atoms with Crippen LogP contribution in [0.1, 0.15) is 18.4 Å². The fourth-order valence-electron chi connectivity index (χ4n) is 3.88. The van der Waals surface area contributed by atoms with Gasteiger partial charge < -0.3 is 20.7 Å². The second-order valence-electron chi connectivity index (χ2n) is 7.72. The Hall–Kier alpha value is -3.61. The number of amides is 2. The second-order valence-corrected chi connectivity index (χ2v) is 7.72. The number of hydrogen-bond donors (Lipinski definition) is 2. The molecule has 2 amide bonds. The number of benzene rings is 2. The fourth-order valence-corrected chi connectivity index (χ4v) is 3.88. The number of rotatable bonds is 7. The van der Waals surface area contributed by atoms with E-state index < -0.39 is 0 Å². The molecule has 2 heterocycles. The normalized spacial score (nSPS) is 14.4. The van der Waals surface area contributed by atoms with Gasteiger partial charge in [-0.1, -0.05) is 36.4 Å². The van der Waals surface area contributed by atoms with Gasteiger partial charge in [0.15, 0.2) is 6.61 Å². The molecular weight excluding hydrogens is 392 g/mol. The van der Waals surface area contributed by atoms with Crippen molar-refractivity contribution in [3.05, 3.63) is 66.4 Å². The number of aromatic nitrogens is 1. The molecule has 0 radical (unpaired) electrons. The van der Waals surface area contributed by atoms with Crippen molar-refractivity contribution in [1.29, 1.82) is 0 Å². The van der Waals surface area contributed by atoms with Gasteiger partial charge in [0.05, 0.1) is 0 Å². The van der Waals surface area contributed by atoms with E-state index in [1.54, 1.807) is 6.20 Å². The Morgan fingerprint density at radius 1 is 1.06 bits per heavy atom. The van der Waals surface area contributed by atoms with Crippen molar-refractivity contribution < 1.29 is 14.3 Å². The first kappa shape index (κ1) is 20.7. The average Bonchev–Trinajstić information content (AvgIpc) is 2.81. The molecule has 1 aliphatic heterocycles. The molecule has 7 heteroatoms. The van der Waals surface area contributed by atoms with Gasteiger partial charge in [-0.2, -0.15) is 0 Å². The zero-order valence-corrected chi connectivity index (χ0v) is 17.3. The standard InChI is InChI=1S/C24H26N4O3/c25-23(30)18-9-12-28(13-10-18)24-20(6-3-11-26-24)15-27-22(29)16-31-21-8-7-17-4-1-2-5-19(17)14-21/h1-8,11,14,18H,9-10,12-13,15-16H2,(H2,25,30)(H,27,29). The van der Waals surface area contributed by atoms with Crippen LogP contribution in [-0.2, 0) is 16.1 Å². The minimum absolute atomic E-state index is 0.0576. The SMILES string of the molecule is NC(=O)C1CCN(c2ncccc2CNC(=O)COc2ccc3ccccc3c2)CC1. The van der Waals surface area contributed by atoms with Gasteiger partial charge in [0.1, 0.15) is 11.6 Å². The van der Waals surface area contributed by atoms with Gasteiger partial charge in [-0.05, 0) is 41.8 Å². The Kier molecular flexibility index (Phi) is 6.31. The molecular formula is C24H26N4O3. The van der Waals surface area contributed by atoms with E-state index in [1.807, 2.05) is 54.6 Å². The summed E-state index contributed by atoms with van der Waals surface area (Å²) in [6.07, 6.45) is 3.18. The van der Waals surface area contributed by atoms with Gasteiger partial charge in [-0.25, -0.2) is 4.98 Å². The minimum Gasteiger partial charge on any atom is -0.484 e. The number of hydrogen-bond acceptors (Lipinski definition) is 5. The van der Waals surface area contributed by atoms with Gasteiger partial charge >= 0.3 is 0 Å². The molecule has 0 spiro atoms. The van der Waals surface area contributed by atoms with Crippen molar-refractivity contribution in [1.82, 2.24) is 10.3 Å². The highest BCUT2D eigenvalue weighted by atomic mass is 16.5. The van der Waals surface area contributed by atoms with Gasteiger partial charge in [-0.15, -0.1) is 0 Å². The highest BCUT2D eigenvalue weighted by Gasteiger charge is 2.25. The Balaban J connectivity index is 1.31. The summed E-state index contributed by atoms with van der Waals surface area (Å²) in [5.74, 6) is 0.986. The molecule has 0 saturated carbocycles. The van der Waals surface area contributed by atoms with Crippen LogP contribution in [0.15, 0.2) is 60.8 Å². The highest BCUT2D eigenvalue weighted by molar-refractivity contribution is 5.84. The van der Waals surface area contributed by atoms with E-state index in [0.717, 1.165) is 48.1 Å². The Morgan fingerprint density at radius 3 is 2.61 bits per heavy atom. The zero-order valence-electron chi connectivity index (χ0n) is 17.3. The predicted octanol–water partition coefficient (Wildman–Crippen LogP) is 2.63. The molecule has 1 fully saturated rings. The summed E-state index contributed by atoms with van der Waals surface area (Å²) in [5.41, 5.74) is 6.36.